The van der Waals surface area contributed by atoms with Crippen molar-refractivity contribution in [1.82, 2.24) is 25.6 Å². The first-order valence-corrected chi connectivity index (χ1v) is 8.86. The fraction of sp³-hybridized carbons (Fsp3) is 0.333. The number of nitrogens with zero attached hydrogens (tertiary/aromatic N) is 5. The summed E-state index contributed by atoms with van der Waals surface area (Å²) in [6.07, 6.45) is 5.91. The summed E-state index contributed by atoms with van der Waals surface area (Å²) in [4.78, 5) is 39.2. The number of nitrogens with one attached hydrogen (secondary N) is 2. The lowest BCUT2D eigenvalue weighted by Crippen LogP contribution is -2.53. The molecule has 0 aliphatic carbocycles. The summed E-state index contributed by atoms with van der Waals surface area (Å²) in [5.74, 6) is 0.118. The normalized spacial score (nSPS) is 22.5. The maximum Gasteiger partial charge on any atom is 0.322 e. The van der Waals surface area contributed by atoms with Crippen molar-refractivity contribution in [2.24, 2.45) is 5.92 Å². The first kappa shape index (κ1) is 17.7. The van der Waals surface area contributed by atoms with E-state index in [2.05, 4.69) is 25.6 Å². The molecule has 0 unspecified atom stereocenters. The number of amides is 3. The summed E-state index contributed by atoms with van der Waals surface area (Å²) in [5, 5.41) is 14.2. The molecule has 2 saturated heterocycles. The van der Waals surface area contributed by atoms with E-state index in [9.17, 15) is 9.59 Å². The number of pyridine rings is 1. The number of imide groups is 1. The standard InChI is InChI=1S/C18H18N8O2/c19-8-11-9-22-16(23-14(11)20)26-6-3-12(4-7-26)18(13-2-1-5-21-10-13)15(27)24-17(28)25-18/h1-2,5,9-10,12H,3-4,6-7H2,(H2,20,22,23)(H2,24,25,27,28)/t18-/m1/s1. The van der Waals surface area contributed by atoms with Crippen LogP contribution < -0.4 is 21.3 Å². The van der Waals surface area contributed by atoms with E-state index in [0.717, 1.165) is 0 Å². The summed E-state index contributed by atoms with van der Waals surface area (Å²) in [6.45, 7) is 1.17. The van der Waals surface area contributed by atoms with Gasteiger partial charge in [-0.1, -0.05) is 6.07 Å². The molecule has 142 valence electrons. The molecule has 28 heavy (non-hydrogen) atoms. The number of rotatable bonds is 3. The van der Waals surface area contributed by atoms with E-state index in [0.29, 0.717) is 37.4 Å². The summed E-state index contributed by atoms with van der Waals surface area (Å²) in [5.41, 5.74) is 5.55. The van der Waals surface area contributed by atoms with Crippen LogP contribution in [0.25, 0.3) is 0 Å². The van der Waals surface area contributed by atoms with Crippen LogP contribution in [0.2, 0.25) is 0 Å². The number of nitrogens with two attached hydrogens (primary N) is 1. The largest absolute Gasteiger partial charge is 0.382 e. The molecule has 0 saturated carbocycles. The number of nitrogen functional groups attached to an aromatic ring is 1. The Balaban J connectivity index is 1.58. The molecule has 4 N–H and O–H groups in total. The Morgan fingerprint density at radius 1 is 1.29 bits per heavy atom. The quantitative estimate of drug-likeness (QED) is 0.644. The van der Waals surface area contributed by atoms with E-state index in [1.54, 1.807) is 24.5 Å². The molecule has 0 radical (unpaired) electrons. The molecule has 2 fully saturated rings. The van der Waals surface area contributed by atoms with E-state index in [1.807, 2.05) is 11.0 Å². The van der Waals surface area contributed by atoms with Gasteiger partial charge >= 0.3 is 6.03 Å². The monoisotopic (exact) mass is 378 g/mol. The summed E-state index contributed by atoms with van der Waals surface area (Å²) >= 11 is 0. The molecule has 0 aromatic carbocycles. The van der Waals surface area contributed by atoms with Crippen molar-refractivity contribution >= 4 is 23.7 Å². The Morgan fingerprint density at radius 2 is 2.07 bits per heavy atom. The molecule has 10 nitrogen and oxygen atoms in total. The Labute approximate surface area is 160 Å². The van der Waals surface area contributed by atoms with Gasteiger partial charge in [0.1, 0.15) is 17.5 Å². The van der Waals surface area contributed by atoms with Crippen LogP contribution in [-0.4, -0.2) is 40.0 Å². The van der Waals surface area contributed by atoms with Gasteiger partial charge in [0, 0.05) is 31.0 Å². The average molecular weight is 378 g/mol. The van der Waals surface area contributed by atoms with Crippen molar-refractivity contribution in [2.75, 3.05) is 23.7 Å². The Bertz CT molecular complexity index is 965. The van der Waals surface area contributed by atoms with Crippen LogP contribution in [0.5, 0.6) is 0 Å². The molecule has 2 aliphatic rings. The molecule has 0 bridgehead atoms. The second kappa shape index (κ2) is 6.77. The molecule has 2 aliphatic heterocycles. The number of anilines is 2. The molecule has 3 amide bonds. The minimum Gasteiger partial charge on any atom is -0.382 e. The van der Waals surface area contributed by atoms with E-state index < -0.39 is 11.6 Å². The van der Waals surface area contributed by atoms with Gasteiger partial charge in [0.2, 0.25) is 5.95 Å². The van der Waals surface area contributed by atoms with Crippen LogP contribution >= 0.6 is 0 Å². The SMILES string of the molecule is N#Cc1cnc(N2CCC([C@]3(c4cccnc4)NC(=O)NC3=O)CC2)nc1N. The molecule has 0 spiro atoms. The second-order valence-corrected chi connectivity index (χ2v) is 6.80. The highest BCUT2D eigenvalue weighted by molar-refractivity contribution is 6.07. The highest BCUT2D eigenvalue weighted by Crippen LogP contribution is 2.39. The highest BCUT2D eigenvalue weighted by atomic mass is 16.2. The molecule has 2 aromatic rings. The minimum absolute atomic E-state index is 0.116. The molecule has 1 atom stereocenters. The third-order valence-electron chi connectivity index (χ3n) is 5.33. The number of aromatic nitrogens is 3. The molecular formula is C18H18N8O2. The molecule has 2 aromatic heterocycles. The van der Waals surface area contributed by atoms with Crippen molar-refractivity contribution in [2.45, 2.75) is 18.4 Å². The number of carbonyl (C=O) groups is 2. The number of hydrogen-bond donors (Lipinski definition) is 3. The van der Waals surface area contributed by atoms with Crippen molar-refractivity contribution in [3.63, 3.8) is 0 Å². The Hall–Kier alpha value is -3.74. The Kier molecular flexibility index (Phi) is 4.27. The zero-order valence-corrected chi connectivity index (χ0v) is 14.9. The van der Waals surface area contributed by atoms with Gasteiger partial charge in [-0.15, -0.1) is 0 Å². The van der Waals surface area contributed by atoms with Crippen molar-refractivity contribution in [1.29, 1.82) is 5.26 Å². The fourth-order valence-corrected chi connectivity index (χ4v) is 3.93. The predicted octanol–water partition coefficient (Wildman–Crippen LogP) is 0.277. The van der Waals surface area contributed by atoms with Crippen LogP contribution in [-0.2, 0) is 10.3 Å². The number of nitriles is 1. The highest BCUT2D eigenvalue weighted by Gasteiger charge is 2.53. The number of hydrogen-bond acceptors (Lipinski definition) is 8. The summed E-state index contributed by atoms with van der Waals surface area (Å²) in [7, 11) is 0. The van der Waals surface area contributed by atoms with Crippen molar-refractivity contribution in [3.8, 4) is 6.07 Å². The van der Waals surface area contributed by atoms with Crippen molar-refractivity contribution < 1.29 is 9.59 Å². The van der Waals surface area contributed by atoms with Crippen LogP contribution in [0.15, 0.2) is 30.7 Å². The van der Waals surface area contributed by atoms with Gasteiger partial charge in [-0.3, -0.25) is 15.1 Å². The van der Waals surface area contributed by atoms with Gasteiger partial charge in [-0.2, -0.15) is 10.2 Å². The third-order valence-corrected chi connectivity index (χ3v) is 5.33. The number of urea groups is 1. The first-order chi connectivity index (χ1) is 13.5. The van der Waals surface area contributed by atoms with Crippen LogP contribution in [0, 0.1) is 17.2 Å². The molecular weight excluding hydrogens is 360 g/mol. The minimum atomic E-state index is -1.14. The molecule has 10 heteroatoms. The topological polar surface area (TPSA) is 150 Å². The number of piperidine rings is 1. The van der Waals surface area contributed by atoms with Gasteiger partial charge in [-0.25, -0.2) is 9.78 Å². The van der Waals surface area contributed by atoms with Crippen molar-refractivity contribution in [3.05, 3.63) is 41.9 Å². The third kappa shape index (κ3) is 2.77. The van der Waals surface area contributed by atoms with Gasteiger partial charge in [0.15, 0.2) is 5.54 Å². The van der Waals surface area contributed by atoms with Gasteiger partial charge in [0.05, 0.1) is 6.20 Å². The Morgan fingerprint density at radius 3 is 2.64 bits per heavy atom. The summed E-state index contributed by atoms with van der Waals surface area (Å²) in [6, 6.07) is 4.99. The predicted molar refractivity (Wildman–Crippen MR) is 98.7 cm³/mol. The van der Waals surface area contributed by atoms with Crippen LogP contribution in [0.3, 0.4) is 0 Å². The maximum atomic E-state index is 12.8. The lowest BCUT2D eigenvalue weighted by molar-refractivity contribution is -0.126. The lowest BCUT2D eigenvalue weighted by atomic mass is 9.73. The van der Waals surface area contributed by atoms with Crippen LogP contribution in [0.1, 0.15) is 24.0 Å². The van der Waals surface area contributed by atoms with E-state index in [4.69, 9.17) is 11.0 Å². The second-order valence-electron chi connectivity index (χ2n) is 6.80. The smallest absolute Gasteiger partial charge is 0.322 e. The van der Waals surface area contributed by atoms with E-state index >= 15 is 0 Å². The van der Waals surface area contributed by atoms with Gasteiger partial charge < -0.3 is 16.0 Å². The lowest BCUT2D eigenvalue weighted by Gasteiger charge is -2.40. The van der Waals surface area contributed by atoms with Gasteiger partial charge in [0.25, 0.3) is 5.91 Å². The number of carbonyl (C=O) groups excluding carboxylic acids is 2. The van der Waals surface area contributed by atoms with Crippen LogP contribution in [0.4, 0.5) is 16.6 Å². The van der Waals surface area contributed by atoms with E-state index in [1.165, 1.54) is 6.20 Å². The zero-order chi connectivity index (χ0) is 19.7. The first-order valence-electron chi connectivity index (χ1n) is 8.86. The molecule has 4 rings (SSSR count). The molecule has 4 heterocycles. The zero-order valence-electron chi connectivity index (χ0n) is 14.9. The fourth-order valence-electron chi connectivity index (χ4n) is 3.93. The summed E-state index contributed by atoms with van der Waals surface area (Å²) < 4.78 is 0. The van der Waals surface area contributed by atoms with Gasteiger partial charge in [-0.05, 0) is 24.8 Å². The maximum absolute atomic E-state index is 12.8. The van der Waals surface area contributed by atoms with E-state index in [-0.39, 0.29) is 23.2 Å². The average Bonchev–Trinajstić information content (AvgIpc) is 3.03.